The van der Waals surface area contributed by atoms with E-state index in [1.165, 1.54) is 11.1 Å². The first-order valence-electron chi connectivity index (χ1n) is 7.03. The monoisotopic (exact) mass is 291 g/mol. The van der Waals surface area contributed by atoms with Crippen LogP contribution < -0.4 is 5.32 Å². The average Bonchev–Trinajstić information content (AvgIpc) is 2.71. The third-order valence-electron chi connectivity index (χ3n) is 3.73. The molecule has 0 amide bonds. The van der Waals surface area contributed by atoms with Gasteiger partial charge in [-0.2, -0.15) is 5.10 Å². The minimum Gasteiger partial charge on any atom is -0.305 e. The highest BCUT2D eigenvalue weighted by Gasteiger charge is 2.14. The highest BCUT2D eigenvalue weighted by Crippen LogP contribution is 2.22. The highest BCUT2D eigenvalue weighted by atomic mass is 35.5. The van der Waals surface area contributed by atoms with Gasteiger partial charge in [0.25, 0.3) is 0 Å². The molecule has 20 heavy (non-hydrogen) atoms. The number of nitrogens with zero attached hydrogens (tertiary/aromatic N) is 2. The van der Waals surface area contributed by atoms with Crippen molar-refractivity contribution >= 4 is 11.6 Å². The molecule has 0 aliphatic heterocycles. The van der Waals surface area contributed by atoms with Crippen LogP contribution in [0.5, 0.6) is 0 Å². The van der Waals surface area contributed by atoms with Crippen LogP contribution in [0.25, 0.3) is 0 Å². The van der Waals surface area contributed by atoms with Crippen molar-refractivity contribution in [1.82, 2.24) is 15.1 Å². The van der Waals surface area contributed by atoms with Crippen molar-refractivity contribution in [1.29, 1.82) is 0 Å². The maximum absolute atomic E-state index is 6.37. The molecule has 3 nitrogen and oxygen atoms in total. The number of hydrogen-bond donors (Lipinski definition) is 1. The third kappa shape index (κ3) is 3.05. The zero-order chi connectivity index (χ0) is 14.7. The summed E-state index contributed by atoms with van der Waals surface area (Å²) >= 11 is 6.37. The van der Waals surface area contributed by atoms with Crippen molar-refractivity contribution in [2.45, 2.75) is 39.8 Å². The van der Waals surface area contributed by atoms with Crippen molar-refractivity contribution in [2.75, 3.05) is 0 Å². The van der Waals surface area contributed by atoms with E-state index in [1.54, 1.807) is 0 Å². The second-order valence-electron chi connectivity index (χ2n) is 5.14. The zero-order valence-electron chi connectivity index (χ0n) is 12.6. The van der Waals surface area contributed by atoms with Crippen LogP contribution >= 0.6 is 11.6 Å². The Morgan fingerprint density at radius 1 is 1.35 bits per heavy atom. The standard InChI is InChI=1S/C16H22ClN3/c1-5-14-16(17)15(20(4)19-14)10-18-12(3)13-9-7-6-8-11(13)2/h6-9,12,18H,5,10H2,1-4H3. The summed E-state index contributed by atoms with van der Waals surface area (Å²) in [6.07, 6.45) is 0.861. The van der Waals surface area contributed by atoms with Crippen LogP contribution in [-0.4, -0.2) is 9.78 Å². The van der Waals surface area contributed by atoms with E-state index >= 15 is 0 Å². The fourth-order valence-electron chi connectivity index (χ4n) is 2.44. The summed E-state index contributed by atoms with van der Waals surface area (Å²) in [4.78, 5) is 0. The Kier molecular flexibility index (Phi) is 4.84. The van der Waals surface area contributed by atoms with Gasteiger partial charge in [0.05, 0.1) is 16.4 Å². The van der Waals surface area contributed by atoms with E-state index in [9.17, 15) is 0 Å². The molecule has 0 bridgehead atoms. The van der Waals surface area contributed by atoms with E-state index < -0.39 is 0 Å². The van der Waals surface area contributed by atoms with Crippen molar-refractivity contribution in [3.63, 3.8) is 0 Å². The summed E-state index contributed by atoms with van der Waals surface area (Å²) in [6.45, 7) is 7.10. The number of rotatable bonds is 5. The number of aryl methyl sites for hydroxylation is 3. The third-order valence-corrected chi connectivity index (χ3v) is 4.17. The van der Waals surface area contributed by atoms with Gasteiger partial charge in [-0.25, -0.2) is 0 Å². The van der Waals surface area contributed by atoms with Crippen LogP contribution in [0.1, 0.15) is 42.4 Å². The molecule has 0 aliphatic carbocycles. The van der Waals surface area contributed by atoms with Crippen LogP contribution in [0.15, 0.2) is 24.3 Å². The van der Waals surface area contributed by atoms with Gasteiger partial charge in [0.1, 0.15) is 0 Å². The molecule has 108 valence electrons. The smallest absolute Gasteiger partial charge is 0.0863 e. The first kappa shape index (κ1) is 15.1. The van der Waals surface area contributed by atoms with E-state index in [4.69, 9.17) is 11.6 Å². The molecule has 1 unspecified atom stereocenters. The lowest BCUT2D eigenvalue weighted by molar-refractivity contribution is 0.546. The Bertz CT molecular complexity index is 589. The molecule has 1 atom stereocenters. The highest BCUT2D eigenvalue weighted by molar-refractivity contribution is 6.31. The molecule has 2 aromatic rings. The van der Waals surface area contributed by atoms with Crippen molar-refractivity contribution in [3.05, 3.63) is 51.8 Å². The Hall–Kier alpha value is -1.32. The van der Waals surface area contributed by atoms with E-state index in [-0.39, 0.29) is 6.04 Å². The molecule has 0 saturated carbocycles. The predicted molar refractivity (Wildman–Crippen MR) is 84.0 cm³/mol. The first-order valence-corrected chi connectivity index (χ1v) is 7.41. The molecule has 0 spiro atoms. The number of hydrogen-bond acceptors (Lipinski definition) is 2. The van der Waals surface area contributed by atoms with Gasteiger partial charge in [-0.15, -0.1) is 0 Å². The fraction of sp³-hybridized carbons (Fsp3) is 0.438. The van der Waals surface area contributed by atoms with Gasteiger partial charge in [0, 0.05) is 19.6 Å². The topological polar surface area (TPSA) is 29.9 Å². The lowest BCUT2D eigenvalue weighted by atomic mass is 10.0. The summed E-state index contributed by atoms with van der Waals surface area (Å²) in [5.74, 6) is 0. The number of nitrogens with one attached hydrogen (secondary N) is 1. The molecular formula is C16H22ClN3. The van der Waals surface area contributed by atoms with E-state index in [0.717, 1.165) is 29.4 Å². The van der Waals surface area contributed by atoms with E-state index in [0.29, 0.717) is 0 Å². The molecule has 2 rings (SSSR count). The number of halogens is 1. The molecule has 1 aromatic heterocycles. The van der Waals surface area contributed by atoms with Gasteiger partial charge in [-0.05, 0) is 31.4 Å². The molecule has 0 fully saturated rings. The second kappa shape index (κ2) is 6.42. The van der Waals surface area contributed by atoms with Crippen molar-refractivity contribution < 1.29 is 0 Å². The predicted octanol–water partition coefficient (Wildman–Crippen LogP) is 3.80. The molecule has 1 heterocycles. The molecule has 0 saturated heterocycles. The summed E-state index contributed by atoms with van der Waals surface area (Å²) in [5, 5.41) is 8.76. The van der Waals surface area contributed by atoms with E-state index in [1.807, 2.05) is 11.7 Å². The van der Waals surface area contributed by atoms with Gasteiger partial charge >= 0.3 is 0 Å². The maximum atomic E-state index is 6.37. The van der Waals surface area contributed by atoms with E-state index in [2.05, 4.69) is 55.5 Å². The Morgan fingerprint density at radius 3 is 2.65 bits per heavy atom. The molecule has 1 aromatic carbocycles. The summed E-state index contributed by atoms with van der Waals surface area (Å²) in [7, 11) is 1.94. The van der Waals surface area contributed by atoms with Crippen LogP contribution in [0.4, 0.5) is 0 Å². The molecule has 4 heteroatoms. The van der Waals surface area contributed by atoms with Crippen molar-refractivity contribution in [3.8, 4) is 0 Å². The fourth-order valence-corrected chi connectivity index (χ4v) is 2.80. The minimum atomic E-state index is 0.284. The Morgan fingerprint density at radius 2 is 2.05 bits per heavy atom. The van der Waals surface area contributed by atoms with Gasteiger partial charge in [0.2, 0.25) is 0 Å². The van der Waals surface area contributed by atoms with Crippen LogP contribution in [0, 0.1) is 6.92 Å². The molecule has 0 aliphatic rings. The van der Waals surface area contributed by atoms with Crippen LogP contribution in [0.3, 0.4) is 0 Å². The summed E-state index contributed by atoms with van der Waals surface area (Å²) in [5.41, 5.74) is 4.64. The minimum absolute atomic E-state index is 0.284. The summed E-state index contributed by atoms with van der Waals surface area (Å²) < 4.78 is 1.87. The second-order valence-corrected chi connectivity index (χ2v) is 5.52. The van der Waals surface area contributed by atoms with Gasteiger partial charge in [-0.1, -0.05) is 42.8 Å². The van der Waals surface area contributed by atoms with Gasteiger partial charge < -0.3 is 5.32 Å². The number of aromatic nitrogens is 2. The number of benzene rings is 1. The lowest BCUT2D eigenvalue weighted by Crippen LogP contribution is -2.20. The van der Waals surface area contributed by atoms with Gasteiger partial charge in [0.15, 0.2) is 0 Å². The maximum Gasteiger partial charge on any atom is 0.0863 e. The SMILES string of the molecule is CCc1nn(C)c(CNC(C)c2ccccc2C)c1Cl. The van der Waals surface area contributed by atoms with Crippen LogP contribution in [0.2, 0.25) is 5.02 Å². The molecule has 1 N–H and O–H groups in total. The quantitative estimate of drug-likeness (QED) is 0.908. The Balaban J connectivity index is 2.09. The normalized spacial score (nSPS) is 12.7. The van der Waals surface area contributed by atoms with Crippen molar-refractivity contribution in [2.24, 2.45) is 7.05 Å². The Labute approximate surface area is 126 Å². The lowest BCUT2D eigenvalue weighted by Gasteiger charge is -2.16. The summed E-state index contributed by atoms with van der Waals surface area (Å²) in [6, 6.07) is 8.73. The largest absolute Gasteiger partial charge is 0.305 e. The average molecular weight is 292 g/mol. The molecule has 0 radical (unpaired) electrons. The zero-order valence-corrected chi connectivity index (χ0v) is 13.3. The molecular weight excluding hydrogens is 270 g/mol. The first-order chi connectivity index (χ1) is 9.54. The van der Waals surface area contributed by atoms with Crippen LogP contribution in [-0.2, 0) is 20.0 Å². The van der Waals surface area contributed by atoms with Gasteiger partial charge in [-0.3, -0.25) is 4.68 Å².